The lowest BCUT2D eigenvalue weighted by atomic mass is 9.98. The maximum absolute atomic E-state index is 11.9. The Bertz CT molecular complexity index is 412. The Morgan fingerprint density at radius 2 is 2.13 bits per heavy atom. The van der Waals surface area contributed by atoms with E-state index in [1.54, 1.807) is 7.05 Å². The van der Waals surface area contributed by atoms with Crippen molar-refractivity contribution in [2.75, 3.05) is 40.4 Å². The summed E-state index contributed by atoms with van der Waals surface area (Å²) in [5.41, 5.74) is 0. The van der Waals surface area contributed by atoms with E-state index in [1.807, 2.05) is 6.92 Å². The number of esters is 2. The van der Waals surface area contributed by atoms with E-state index in [1.165, 1.54) is 7.11 Å². The molecule has 0 bridgehead atoms. The summed E-state index contributed by atoms with van der Waals surface area (Å²) in [5, 5.41) is 3.29. The van der Waals surface area contributed by atoms with E-state index in [2.05, 4.69) is 19.9 Å². The third-order valence-corrected chi connectivity index (χ3v) is 3.87. The van der Waals surface area contributed by atoms with Gasteiger partial charge in [0.2, 0.25) is 0 Å². The molecule has 0 radical (unpaired) electrons. The quantitative estimate of drug-likeness (QED) is 0.327. The Kier molecular flexibility index (Phi) is 9.09. The number of aliphatic imine (C=N–C) groups is 1. The minimum atomic E-state index is -0.178. The lowest BCUT2D eigenvalue weighted by molar-refractivity contribution is -0.149. The largest absolute Gasteiger partial charge is 0.469 e. The number of unbranched alkanes of at least 4 members (excludes halogenated alkanes) is 1. The molecular formula is C16H29N3O4. The molecule has 0 amide bonds. The van der Waals surface area contributed by atoms with E-state index in [-0.39, 0.29) is 17.9 Å². The van der Waals surface area contributed by atoms with Gasteiger partial charge in [-0.15, -0.1) is 0 Å². The molecule has 23 heavy (non-hydrogen) atoms. The Morgan fingerprint density at radius 3 is 2.78 bits per heavy atom. The van der Waals surface area contributed by atoms with Gasteiger partial charge in [-0.05, 0) is 32.6 Å². The highest BCUT2D eigenvalue weighted by atomic mass is 16.5. The molecule has 1 atom stereocenters. The molecular weight excluding hydrogens is 298 g/mol. The number of nitrogens with one attached hydrogen (secondary N) is 1. The van der Waals surface area contributed by atoms with E-state index >= 15 is 0 Å². The summed E-state index contributed by atoms with van der Waals surface area (Å²) < 4.78 is 9.73. The molecule has 1 fully saturated rings. The zero-order valence-electron chi connectivity index (χ0n) is 14.5. The number of piperidine rings is 1. The van der Waals surface area contributed by atoms with Crippen LogP contribution in [0, 0.1) is 5.92 Å². The van der Waals surface area contributed by atoms with Crippen molar-refractivity contribution < 1.29 is 19.1 Å². The van der Waals surface area contributed by atoms with Gasteiger partial charge in [0.25, 0.3) is 0 Å². The molecule has 1 N–H and O–H groups in total. The lowest BCUT2D eigenvalue weighted by Gasteiger charge is -2.33. The standard InChI is InChI=1S/C16H29N3O4/c1-4-23-15(21)13-8-7-11-19(12-13)16(17-2)18-10-6-5-9-14(20)22-3/h13H,4-12H2,1-3H3,(H,17,18). The molecule has 1 rings (SSSR count). The summed E-state index contributed by atoms with van der Waals surface area (Å²) in [6.45, 7) is 4.51. The van der Waals surface area contributed by atoms with Crippen LogP contribution in [0.1, 0.15) is 39.0 Å². The van der Waals surface area contributed by atoms with Crippen molar-refractivity contribution in [3.05, 3.63) is 0 Å². The highest BCUT2D eigenvalue weighted by Crippen LogP contribution is 2.18. The molecule has 1 saturated heterocycles. The smallest absolute Gasteiger partial charge is 0.310 e. The van der Waals surface area contributed by atoms with Crippen molar-refractivity contribution in [2.24, 2.45) is 10.9 Å². The number of methoxy groups -OCH3 is 1. The summed E-state index contributed by atoms with van der Waals surface area (Å²) in [6.07, 6.45) is 3.90. The van der Waals surface area contributed by atoms with E-state index < -0.39 is 0 Å². The van der Waals surface area contributed by atoms with Crippen LogP contribution >= 0.6 is 0 Å². The van der Waals surface area contributed by atoms with Crippen LogP contribution in [-0.4, -0.2) is 63.2 Å². The number of carbonyl (C=O) groups is 2. The molecule has 0 aromatic carbocycles. The van der Waals surface area contributed by atoms with Crippen molar-refractivity contribution in [2.45, 2.75) is 39.0 Å². The topological polar surface area (TPSA) is 80.2 Å². The van der Waals surface area contributed by atoms with E-state index in [0.29, 0.717) is 19.6 Å². The Balaban J connectivity index is 2.36. The van der Waals surface area contributed by atoms with Crippen LogP contribution in [0.5, 0.6) is 0 Å². The summed E-state index contributed by atoms with van der Waals surface area (Å²) in [5.74, 6) is 0.423. The van der Waals surface area contributed by atoms with Gasteiger partial charge in [0.15, 0.2) is 5.96 Å². The van der Waals surface area contributed by atoms with Crippen LogP contribution in [0.4, 0.5) is 0 Å². The van der Waals surface area contributed by atoms with Gasteiger partial charge in [0, 0.05) is 33.1 Å². The summed E-state index contributed by atoms with van der Waals surface area (Å²) >= 11 is 0. The van der Waals surface area contributed by atoms with Crippen LogP contribution in [0.15, 0.2) is 4.99 Å². The molecule has 132 valence electrons. The number of guanidine groups is 1. The number of hydrogen-bond donors (Lipinski definition) is 1. The van der Waals surface area contributed by atoms with E-state index in [9.17, 15) is 9.59 Å². The first-order valence-corrected chi connectivity index (χ1v) is 8.31. The summed E-state index contributed by atoms with van der Waals surface area (Å²) in [7, 11) is 3.14. The van der Waals surface area contributed by atoms with Crippen LogP contribution in [0.3, 0.4) is 0 Å². The molecule has 1 unspecified atom stereocenters. The van der Waals surface area contributed by atoms with Crippen LogP contribution < -0.4 is 5.32 Å². The first kappa shape index (κ1) is 19.3. The lowest BCUT2D eigenvalue weighted by Crippen LogP contribution is -2.48. The second kappa shape index (κ2) is 10.9. The molecule has 1 aliphatic rings. The third kappa shape index (κ3) is 6.88. The Morgan fingerprint density at radius 1 is 1.35 bits per heavy atom. The first-order chi connectivity index (χ1) is 11.1. The van der Waals surface area contributed by atoms with Crippen molar-refractivity contribution in [1.29, 1.82) is 0 Å². The number of nitrogens with zero attached hydrogens (tertiary/aromatic N) is 2. The number of ether oxygens (including phenoxy) is 2. The zero-order chi connectivity index (χ0) is 17.1. The minimum absolute atomic E-state index is 0.0819. The average molecular weight is 327 g/mol. The third-order valence-electron chi connectivity index (χ3n) is 3.87. The van der Waals surface area contributed by atoms with Gasteiger partial charge in [-0.1, -0.05) is 0 Å². The second-order valence-corrected chi connectivity index (χ2v) is 5.54. The maximum Gasteiger partial charge on any atom is 0.310 e. The van der Waals surface area contributed by atoms with Crippen LogP contribution in [0.25, 0.3) is 0 Å². The fourth-order valence-electron chi connectivity index (χ4n) is 2.65. The van der Waals surface area contributed by atoms with Crippen molar-refractivity contribution in [1.82, 2.24) is 10.2 Å². The highest BCUT2D eigenvalue weighted by molar-refractivity contribution is 5.81. The fraction of sp³-hybridized carbons (Fsp3) is 0.812. The highest BCUT2D eigenvalue weighted by Gasteiger charge is 2.28. The van der Waals surface area contributed by atoms with Gasteiger partial charge in [0.05, 0.1) is 19.6 Å². The first-order valence-electron chi connectivity index (χ1n) is 8.31. The second-order valence-electron chi connectivity index (χ2n) is 5.54. The van der Waals surface area contributed by atoms with Gasteiger partial charge >= 0.3 is 11.9 Å². The van der Waals surface area contributed by atoms with E-state index in [0.717, 1.165) is 44.7 Å². The molecule has 0 saturated carbocycles. The number of likely N-dealkylation sites (tertiary alicyclic amines) is 1. The number of carbonyl (C=O) groups excluding carboxylic acids is 2. The fourth-order valence-corrected chi connectivity index (χ4v) is 2.65. The average Bonchev–Trinajstić information content (AvgIpc) is 2.58. The van der Waals surface area contributed by atoms with Gasteiger partial charge in [-0.2, -0.15) is 0 Å². The zero-order valence-corrected chi connectivity index (χ0v) is 14.5. The van der Waals surface area contributed by atoms with Gasteiger partial charge in [0.1, 0.15) is 0 Å². The van der Waals surface area contributed by atoms with Gasteiger partial charge < -0.3 is 19.7 Å². The summed E-state index contributed by atoms with van der Waals surface area (Å²) in [4.78, 5) is 29.3. The molecule has 0 aromatic rings. The van der Waals surface area contributed by atoms with Gasteiger partial charge in [-0.3, -0.25) is 14.6 Å². The maximum atomic E-state index is 11.9. The van der Waals surface area contributed by atoms with Crippen LogP contribution in [0.2, 0.25) is 0 Å². The molecule has 0 aromatic heterocycles. The molecule has 0 aliphatic carbocycles. The van der Waals surface area contributed by atoms with Crippen LogP contribution in [-0.2, 0) is 19.1 Å². The monoisotopic (exact) mass is 327 g/mol. The van der Waals surface area contributed by atoms with Crippen molar-refractivity contribution in [3.63, 3.8) is 0 Å². The van der Waals surface area contributed by atoms with Gasteiger partial charge in [-0.25, -0.2) is 0 Å². The molecule has 7 nitrogen and oxygen atoms in total. The Labute approximate surface area is 138 Å². The normalized spacial score (nSPS) is 18.5. The SMILES string of the molecule is CCOC(=O)C1CCCN(C(=NC)NCCCCC(=O)OC)C1. The minimum Gasteiger partial charge on any atom is -0.469 e. The van der Waals surface area contributed by atoms with E-state index in [4.69, 9.17) is 4.74 Å². The molecule has 0 spiro atoms. The molecule has 1 heterocycles. The Hall–Kier alpha value is -1.79. The molecule has 1 aliphatic heterocycles. The van der Waals surface area contributed by atoms with Crippen molar-refractivity contribution in [3.8, 4) is 0 Å². The summed E-state index contributed by atoms with van der Waals surface area (Å²) in [6, 6.07) is 0. The predicted molar refractivity (Wildman–Crippen MR) is 88.2 cm³/mol. The molecule has 7 heteroatoms. The number of hydrogen-bond acceptors (Lipinski definition) is 5. The number of rotatable bonds is 7. The van der Waals surface area contributed by atoms with Crippen molar-refractivity contribution >= 4 is 17.9 Å². The predicted octanol–water partition coefficient (Wildman–Crippen LogP) is 1.18.